The number of likely N-dealkylation sites (tertiary alicyclic amines) is 1. The number of piperidine rings is 1. The van der Waals surface area contributed by atoms with Gasteiger partial charge in [-0.3, -0.25) is 4.79 Å². The molecule has 0 aromatic heterocycles. The fourth-order valence-electron chi connectivity index (χ4n) is 2.09. The predicted octanol–water partition coefficient (Wildman–Crippen LogP) is 0.592. The van der Waals surface area contributed by atoms with E-state index in [-0.39, 0.29) is 18.4 Å². The zero-order valence-electron chi connectivity index (χ0n) is 10.2. The highest BCUT2D eigenvalue weighted by Crippen LogP contribution is 2.17. The first-order valence-electron chi connectivity index (χ1n) is 6.26. The quantitative estimate of drug-likeness (QED) is 0.724. The van der Waals surface area contributed by atoms with E-state index in [0.29, 0.717) is 18.9 Å². The molecule has 1 saturated heterocycles. The number of hydrogen-bond donors (Lipinski definition) is 2. The summed E-state index contributed by atoms with van der Waals surface area (Å²) < 4.78 is 0. The monoisotopic (exact) mass is 228 g/mol. The van der Waals surface area contributed by atoms with E-state index in [1.165, 1.54) is 0 Å². The zero-order valence-corrected chi connectivity index (χ0v) is 10.2. The molecule has 1 rings (SSSR count). The van der Waals surface area contributed by atoms with Gasteiger partial charge in [-0.25, -0.2) is 0 Å². The van der Waals surface area contributed by atoms with Crippen LogP contribution in [0.3, 0.4) is 0 Å². The van der Waals surface area contributed by atoms with Crippen LogP contribution in [0.2, 0.25) is 0 Å². The maximum atomic E-state index is 11.9. The van der Waals surface area contributed by atoms with Crippen molar-refractivity contribution in [1.82, 2.24) is 4.90 Å². The summed E-state index contributed by atoms with van der Waals surface area (Å²) in [5.74, 6) is 0.922. The molecule has 4 heteroatoms. The number of aliphatic hydroxyl groups is 1. The Morgan fingerprint density at radius 3 is 3.00 bits per heavy atom. The molecule has 1 fully saturated rings. The largest absolute Gasteiger partial charge is 0.396 e. The summed E-state index contributed by atoms with van der Waals surface area (Å²) in [7, 11) is 0. The van der Waals surface area contributed by atoms with Crippen LogP contribution < -0.4 is 5.73 Å². The maximum Gasteiger partial charge on any atom is 0.222 e. The van der Waals surface area contributed by atoms with Gasteiger partial charge in [0.1, 0.15) is 0 Å². The molecule has 0 aliphatic carbocycles. The third-order valence-electron chi connectivity index (χ3n) is 3.38. The topological polar surface area (TPSA) is 66.6 Å². The van der Waals surface area contributed by atoms with Crippen LogP contribution in [0.5, 0.6) is 0 Å². The molecule has 94 valence electrons. The average Bonchev–Trinajstić information content (AvgIpc) is 2.35. The third kappa shape index (κ3) is 4.10. The molecule has 0 radical (unpaired) electrons. The van der Waals surface area contributed by atoms with E-state index in [9.17, 15) is 4.79 Å². The summed E-state index contributed by atoms with van der Waals surface area (Å²) in [5, 5.41) is 9.09. The Labute approximate surface area is 97.8 Å². The molecule has 4 nitrogen and oxygen atoms in total. The molecule has 0 aromatic carbocycles. The first-order valence-corrected chi connectivity index (χ1v) is 6.26. The second kappa shape index (κ2) is 6.86. The lowest BCUT2D eigenvalue weighted by molar-refractivity contribution is -0.133. The minimum atomic E-state index is 0.197. The number of hydrogen-bond acceptors (Lipinski definition) is 3. The van der Waals surface area contributed by atoms with Gasteiger partial charge in [0.15, 0.2) is 0 Å². The van der Waals surface area contributed by atoms with Crippen LogP contribution >= 0.6 is 0 Å². The molecule has 0 aromatic rings. The number of carbonyl (C=O) groups excluding carboxylic acids is 1. The summed E-state index contributed by atoms with van der Waals surface area (Å²) in [4.78, 5) is 13.8. The van der Waals surface area contributed by atoms with Crippen LogP contribution in [-0.4, -0.2) is 42.2 Å². The lowest BCUT2D eigenvalue weighted by atomic mass is 9.98. The SMILES string of the molecule is CC(CN)CCC(=O)N1CCCC(CO)C1. The number of nitrogens with two attached hydrogens (primary N) is 1. The van der Waals surface area contributed by atoms with Crippen molar-refractivity contribution in [3.8, 4) is 0 Å². The molecule has 1 heterocycles. The van der Waals surface area contributed by atoms with Crippen LogP contribution in [0.15, 0.2) is 0 Å². The van der Waals surface area contributed by atoms with Gasteiger partial charge in [0.25, 0.3) is 0 Å². The fraction of sp³-hybridized carbons (Fsp3) is 0.917. The minimum Gasteiger partial charge on any atom is -0.396 e. The van der Waals surface area contributed by atoms with Crippen molar-refractivity contribution in [3.05, 3.63) is 0 Å². The second-order valence-corrected chi connectivity index (χ2v) is 4.91. The van der Waals surface area contributed by atoms with Crippen molar-refractivity contribution in [2.24, 2.45) is 17.6 Å². The molecule has 2 unspecified atom stereocenters. The molecule has 1 aliphatic heterocycles. The molecule has 16 heavy (non-hydrogen) atoms. The summed E-state index contributed by atoms with van der Waals surface area (Å²) in [6.45, 7) is 4.49. The van der Waals surface area contributed by atoms with E-state index < -0.39 is 0 Å². The smallest absolute Gasteiger partial charge is 0.222 e. The summed E-state index contributed by atoms with van der Waals surface area (Å²) in [5.41, 5.74) is 5.52. The Kier molecular flexibility index (Phi) is 5.77. The van der Waals surface area contributed by atoms with Gasteiger partial charge in [0.05, 0.1) is 0 Å². The summed E-state index contributed by atoms with van der Waals surface area (Å²) >= 11 is 0. The van der Waals surface area contributed by atoms with Crippen molar-refractivity contribution in [1.29, 1.82) is 0 Å². The lowest BCUT2D eigenvalue weighted by Crippen LogP contribution is -2.41. The van der Waals surface area contributed by atoms with Crippen molar-refractivity contribution < 1.29 is 9.90 Å². The van der Waals surface area contributed by atoms with Gasteiger partial charge in [0.2, 0.25) is 5.91 Å². The van der Waals surface area contributed by atoms with Crippen LogP contribution in [0.25, 0.3) is 0 Å². The number of nitrogens with zero attached hydrogens (tertiary/aromatic N) is 1. The third-order valence-corrected chi connectivity index (χ3v) is 3.38. The Bertz CT molecular complexity index is 221. The molecule has 2 atom stereocenters. The van der Waals surface area contributed by atoms with Crippen LogP contribution in [0, 0.1) is 11.8 Å². The number of amides is 1. The Morgan fingerprint density at radius 1 is 1.62 bits per heavy atom. The van der Waals surface area contributed by atoms with Crippen LogP contribution in [0.4, 0.5) is 0 Å². The Balaban J connectivity index is 2.30. The molecule has 0 bridgehead atoms. The summed E-state index contributed by atoms with van der Waals surface area (Å²) in [6, 6.07) is 0. The highest BCUT2D eigenvalue weighted by Gasteiger charge is 2.22. The van der Waals surface area contributed by atoms with E-state index in [1.807, 2.05) is 4.90 Å². The predicted molar refractivity (Wildman–Crippen MR) is 63.8 cm³/mol. The van der Waals surface area contributed by atoms with Crippen molar-refractivity contribution in [2.75, 3.05) is 26.2 Å². The Hall–Kier alpha value is -0.610. The zero-order chi connectivity index (χ0) is 12.0. The highest BCUT2D eigenvalue weighted by molar-refractivity contribution is 5.76. The highest BCUT2D eigenvalue weighted by atomic mass is 16.3. The van der Waals surface area contributed by atoms with E-state index in [2.05, 4.69) is 6.92 Å². The maximum absolute atomic E-state index is 11.9. The Morgan fingerprint density at radius 2 is 2.38 bits per heavy atom. The lowest BCUT2D eigenvalue weighted by Gasteiger charge is -2.32. The summed E-state index contributed by atoms with van der Waals surface area (Å²) in [6.07, 6.45) is 3.52. The van der Waals surface area contributed by atoms with Gasteiger partial charge in [-0.2, -0.15) is 0 Å². The molecule has 3 N–H and O–H groups in total. The fourth-order valence-corrected chi connectivity index (χ4v) is 2.09. The van der Waals surface area contributed by atoms with E-state index in [4.69, 9.17) is 10.8 Å². The van der Waals surface area contributed by atoms with Gasteiger partial charge < -0.3 is 15.7 Å². The normalized spacial score (nSPS) is 23.2. The molecule has 1 aliphatic rings. The number of rotatable bonds is 5. The molecule has 1 amide bonds. The molecular weight excluding hydrogens is 204 g/mol. The van der Waals surface area contributed by atoms with Gasteiger partial charge in [-0.15, -0.1) is 0 Å². The molecular formula is C12H24N2O2. The van der Waals surface area contributed by atoms with Gasteiger partial charge in [0, 0.05) is 26.1 Å². The van der Waals surface area contributed by atoms with Crippen molar-refractivity contribution in [3.63, 3.8) is 0 Å². The average molecular weight is 228 g/mol. The van der Waals surface area contributed by atoms with Gasteiger partial charge in [-0.1, -0.05) is 6.92 Å². The molecule has 0 spiro atoms. The first kappa shape index (κ1) is 13.5. The van der Waals surface area contributed by atoms with Crippen LogP contribution in [-0.2, 0) is 4.79 Å². The molecule has 0 saturated carbocycles. The van der Waals surface area contributed by atoms with Gasteiger partial charge >= 0.3 is 0 Å². The minimum absolute atomic E-state index is 0.197. The first-order chi connectivity index (χ1) is 7.67. The standard InChI is InChI=1S/C12H24N2O2/c1-10(7-13)4-5-12(16)14-6-2-3-11(8-14)9-15/h10-11,15H,2-9,13H2,1H3. The van der Waals surface area contributed by atoms with Crippen LogP contribution in [0.1, 0.15) is 32.6 Å². The van der Waals surface area contributed by atoms with E-state index >= 15 is 0 Å². The van der Waals surface area contributed by atoms with Crippen molar-refractivity contribution >= 4 is 5.91 Å². The second-order valence-electron chi connectivity index (χ2n) is 4.91. The van der Waals surface area contributed by atoms with E-state index in [0.717, 1.165) is 32.4 Å². The van der Waals surface area contributed by atoms with Gasteiger partial charge in [-0.05, 0) is 37.6 Å². The number of aliphatic hydroxyl groups excluding tert-OH is 1. The number of carbonyl (C=O) groups is 1. The van der Waals surface area contributed by atoms with E-state index in [1.54, 1.807) is 0 Å². The van der Waals surface area contributed by atoms with Crippen molar-refractivity contribution in [2.45, 2.75) is 32.6 Å².